The molecule has 2 aromatic heterocycles. The molecule has 0 saturated heterocycles. The molecular weight excluding hydrogens is 216 g/mol. The summed E-state index contributed by atoms with van der Waals surface area (Å²) >= 11 is 5.43. The number of carbonyl (C=O) groups is 1. The first kappa shape index (κ1) is 11.2. The zero-order valence-corrected chi connectivity index (χ0v) is 8.48. The smallest absolute Gasteiger partial charge is 0.266 e. The summed E-state index contributed by atoms with van der Waals surface area (Å²) < 4.78 is 0. The van der Waals surface area contributed by atoms with E-state index in [4.69, 9.17) is 17.3 Å². The van der Waals surface area contributed by atoms with Crippen LogP contribution in [0.5, 0.6) is 0 Å². The molecule has 0 spiro atoms. The summed E-state index contributed by atoms with van der Waals surface area (Å²) in [5, 5.41) is 6.47. The first-order valence-corrected chi connectivity index (χ1v) is 4.43. The number of rotatable bonds is 1. The second kappa shape index (κ2) is 5.77. The molecule has 0 atom stereocenters. The fourth-order valence-electron chi connectivity index (χ4n) is 0.735. The number of aromatic amines is 1. The normalized spacial score (nSPS) is 8.87. The highest BCUT2D eigenvalue weighted by Crippen LogP contribution is 1.98. The highest BCUT2D eigenvalue weighted by atomic mass is 35.5. The van der Waals surface area contributed by atoms with Crippen LogP contribution in [-0.4, -0.2) is 21.1 Å². The maximum Gasteiger partial charge on any atom is 0.266 e. The number of H-pyrrole nitrogens is 1. The summed E-state index contributed by atoms with van der Waals surface area (Å²) in [6, 6.07) is 6.92. The zero-order valence-electron chi connectivity index (χ0n) is 7.72. The predicted octanol–water partition coefficient (Wildman–Crippen LogP) is 1.24. The van der Waals surface area contributed by atoms with Crippen LogP contribution >= 0.6 is 11.6 Å². The number of aromatic nitrogens is 3. The average Bonchev–Trinajstić information content (AvgIpc) is 2.72. The molecule has 2 aromatic rings. The van der Waals surface area contributed by atoms with Crippen LogP contribution in [0.4, 0.5) is 0 Å². The van der Waals surface area contributed by atoms with Crippen LogP contribution in [0.2, 0.25) is 5.15 Å². The van der Waals surface area contributed by atoms with Gasteiger partial charge in [-0.2, -0.15) is 5.10 Å². The topological polar surface area (TPSA) is 84.7 Å². The lowest BCUT2D eigenvalue weighted by molar-refractivity contribution is 0.0995. The Morgan fingerprint density at radius 3 is 2.40 bits per heavy atom. The molecule has 0 saturated carbocycles. The van der Waals surface area contributed by atoms with Crippen LogP contribution in [-0.2, 0) is 0 Å². The molecule has 2 heterocycles. The van der Waals surface area contributed by atoms with Crippen molar-refractivity contribution in [3.63, 3.8) is 0 Å². The zero-order chi connectivity index (χ0) is 11.1. The molecule has 0 bridgehead atoms. The number of primary amides is 1. The summed E-state index contributed by atoms with van der Waals surface area (Å²) in [6.07, 6.45) is 3.13. The largest absolute Gasteiger partial charge is 0.364 e. The molecule has 2 rings (SSSR count). The van der Waals surface area contributed by atoms with Gasteiger partial charge in [-0.25, -0.2) is 4.98 Å². The number of hydrogen-bond acceptors (Lipinski definition) is 3. The molecule has 15 heavy (non-hydrogen) atoms. The quantitative estimate of drug-likeness (QED) is 0.715. The van der Waals surface area contributed by atoms with E-state index >= 15 is 0 Å². The standard InChI is InChI=1S/C5H4ClN.C4H5N3O/c6-5-3-1-2-4-7-5;5-4(8)3-1-2-6-7-3/h1-4H;1-2H,(H2,5,8)(H,6,7). The van der Waals surface area contributed by atoms with Gasteiger partial charge in [0.2, 0.25) is 0 Å². The van der Waals surface area contributed by atoms with Crippen molar-refractivity contribution in [3.8, 4) is 0 Å². The van der Waals surface area contributed by atoms with Crippen molar-refractivity contribution in [1.82, 2.24) is 15.2 Å². The van der Waals surface area contributed by atoms with Crippen molar-refractivity contribution in [2.24, 2.45) is 5.73 Å². The van der Waals surface area contributed by atoms with Gasteiger partial charge in [0.1, 0.15) is 10.8 Å². The second-order valence-corrected chi connectivity index (χ2v) is 2.87. The fraction of sp³-hybridized carbons (Fsp3) is 0. The summed E-state index contributed by atoms with van der Waals surface area (Å²) in [5.74, 6) is -0.484. The molecule has 0 aliphatic carbocycles. The van der Waals surface area contributed by atoms with Crippen LogP contribution in [0.15, 0.2) is 36.7 Å². The van der Waals surface area contributed by atoms with E-state index in [1.165, 1.54) is 12.3 Å². The van der Waals surface area contributed by atoms with E-state index in [1.807, 2.05) is 12.1 Å². The Bertz CT molecular complexity index is 401. The fourth-order valence-corrected chi connectivity index (χ4v) is 0.864. The maximum atomic E-state index is 10.2. The van der Waals surface area contributed by atoms with E-state index in [1.54, 1.807) is 12.3 Å². The third-order valence-electron chi connectivity index (χ3n) is 1.39. The van der Waals surface area contributed by atoms with Crippen LogP contribution in [0.3, 0.4) is 0 Å². The van der Waals surface area contributed by atoms with Crippen LogP contribution in [0.1, 0.15) is 10.5 Å². The molecule has 6 heteroatoms. The van der Waals surface area contributed by atoms with E-state index in [9.17, 15) is 4.79 Å². The summed E-state index contributed by atoms with van der Waals surface area (Å²) in [6.45, 7) is 0. The molecule has 0 aliphatic heterocycles. The minimum absolute atomic E-state index is 0.338. The number of nitrogens with two attached hydrogens (primary N) is 1. The SMILES string of the molecule is Clc1ccccn1.NC(=O)c1ccn[nH]1. The van der Waals surface area contributed by atoms with Gasteiger partial charge >= 0.3 is 0 Å². The van der Waals surface area contributed by atoms with Crippen LogP contribution in [0.25, 0.3) is 0 Å². The van der Waals surface area contributed by atoms with Gasteiger partial charge in [0.25, 0.3) is 5.91 Å². The van der Waals surface area contributed by atoms with Gasteiger partial charge in [-0.05, 0) is 18.2 Å². The lowest BCUT2D eigenvalue weighted by Gasteiger charge is -1.80. The molecule has 0 fully saturated rings. The molecule has 3 N–H and O–H groups in total. The van der Waals surface area contributed by atoms with Gasteiger partial charge in [0.05, 0.1) is 0 Å². The number of amides is 1. The Labute approximate surface area is 91.3 Å². The highest BCUT2D eigenvalue weighted by Gasteiger charge is 1.96. The van der Waals surface area contributed by atoms with Gasteiger partial charge in [-0.15, -0.1) is 0 Å². The molecule has 0 aliphatic rings. The molecule has 0 unspecified atom stereocenters. The third-order valence-corrected chi connectivity index (χ3v) is 1.62. The molecular formula is C9H9ClN4O. The first-order chi connectivity index (χ1) is 7.20. The van der Waals surface area contributed by atoms with Gasteiger partial charge in [0.15, 0.2) is 0 Å². The number of hydrogen-bond donors (Lipinski definition) is 2. The van der Waals surface area contributed by atoms with E-state index in [2.05, 4.69) is 15.2 Å². The van der Waals surface area contributed by atoms with Gasteiger partial charge in [-0.3, -0.25) is 9.89 Å². The van der Waals surface area contributed by atoms with E-state index in [0.717, 1.165) is 0 Å². The van der Waals surface area contributed by atoms with E-state index in [-0.39, 0.29) is 0 Å². The van der Waals surface area contributed by atoms with E-state index in [0.29, 0.717) is 10.8 Å². The Hall–Kier alpha value is -1.88. The summed E-state index contributed by atoms with van der Waals surface area (Å²) in [5.41, 5.74) is 5.19. The maximum absolute atomic E-state index is 10.2. The Morgan fingerprint density at radius 2 is 2.13 bits per heavy atom. The van der Waals surface area contributed by atoms with Gasteiger partial charge < -0.3 is 5.73 Å². The number of nitrogens with zero attached hydrogens (tertiary/aromatic N) is 2. The summed E-state index contributed by atoms with van der Waals surface area (Å²) in [4.78, 5) is 14.0. The van der Waals surface area contributed by atoms with Crippen molar-refractivity contribution in [2.75, 3.05) is 0 Å². The Morgan fingerprint density at radius 1 is 1.33 bits per heavy atom. The second-order valence-electron chi connectivity index (χ2n) is 2.49. The van der Waals surface area contributed by atoms with Crippen molar-refractivity contribution in [1.29, 1.82) is 0 Å². The van der Waals surface area contributed by atoms with Gasteiger partial charge in [0, 0.05) is 12.4 Å². The van der Waals surface area contributed by atoms with Crippen LogP contribution in [0, 0.1) is 0 Å². The van der Waals surface area contributed by atoms with Crippen molar-refractivity contribution < 1.29 is 4.79 Å². The number of halogens is 1. The van der Waals surface area contributed by atoms with E-state index < -0.39 is 5.91 Å². The molecule has 78 valence electrons. The predicted molar refractivity (Wildman–Crippen MR) is 56.4 cm³/mol. The average molecular weight is 225 g/mol. The molecule has 5 nitrogen and oxygen atoms in total. The molecule has 0 radical (unpaired) electrons. The Balaban J connectivity index is 0.000000151. The van der Waals surface area contributed by atoms with Crippen molar-refractivity contribution in [2.45, 2.75) is 0 Å². The van der Waals surface area contributed by atoms with Gasteiger partial charge in [-0.1, -0.05) is 17.7 Å². The lowest BCUT2D eigenvalue weighted by atomic mass is 10.4. The number of pyridine rings is 1. The lowest BCUT2D eigenvalue weighted by Crippen LogP contribution is -2.10. The molecule has 0 aromatic carbocycles. The summed E-state index contributed by atoms with van der Waals surface area (Å²) in [7, 11) is 0. The Kier molecular flexibility index (Phi) is 4.30. The molecule has 1 amide bonds. The minimum atomic E-state index is -0.484. The third kappa shape index (κ3) is 4.24. The van der Waals surface area contributed by atoms with Crippen molar-refractivity contribution >= 4 is 17.5 Å². The highest BCUT2D eigenvalue weighted by molar-refractivity contribution is 6.29. The minimum Gasteiger partial charge on any atom is -0.364 e. The first-order valence-electron chi connectivity index (χ1n) is 4.06. The van der Waals surface area contributed by atoms with Crippen LogP contribution < -0.4 is 5.73 Å². The monoisotopic (exact) mass is 224 g/mol. The number of carbonyl (C=O) groups excluding carboxylic acids is 1. The number of nitrogens with one attached hydrogen (secondary N) is 1. The van der Waals surface area contributed by atoms with Crippen molar-refractivity contribution in [3.05, 3.63) is 47.5 Å².